The Bertz CT molecular complexity index is 451. The topological polar surface area (TPSA) is 55.1 Å². The van der Waals surface area contributed by atoms with Crippen LogP contribution in [0.1, 0.15) is 38.8 Å². The number of hydrogen-bond donors (Lipinski definition) is 2. The van der Waals surface area contributed by atoms with E-state index in [0.29, 0.717) is 10.0 Å². The predicted molar refractivity (Wildman–Crippen MR) is 80.5 cm³/mol. The monoisotopic (exact) mass is 302 g/mol. The average Bonchev–Trinajstić information content (AvgIpc) is 2.36. The van der Waals surface area contributed by atoms with E-state index < -0.39 is 6.04 Å². The van der Waals surface area contributed by atoms with Crippen LogP contribution in [-0.2, 0) is 4.79 Å². The van der Waals surface area contributed by atoms with Crippen molar-refractivity contribution in [2.24, 2.45) is 11.7 Å². The third-order valence-corrected chi connectivity index (χ3v) is 3.91. The van der Waals surface area contributed by atoms with E-state index in [0.717, 1.165) is 12.0 Å². The summed E-state index contributed by atoms with van der Waals surface area (Å²) in [7, 11) is 0. The molecular weight excluding hydrogens is 283 g/mol. The van der Waals surface area contributed by atoms with Gasteiger partial charge in [-0.2, -0.15) is 0 Å². The third-order valence-electron chi connectivity index (χ3n) is 3.35. The van der Waals surface area contributed by atoms with Crippen molar-refractivity contribution in [3.05, 3.63) is 33.8 Å². The van der Waals surface area contributed by atoms with Gasteiger partial charge in [0.2, 0.25) is 5.91 Å². The average molecular weight is 303 g/mol. The second-order valence-corrected chi connectivity index (χ2v) is 5.65. The van der Waals surface area contributed by atoms with Crippen LogP contribution < -0.4 is 11.1 Å². The molecule has 0 fully saturated rings. The van der Waals surface area contributed by atoms with Crippen molar-refractivity contribution in [1.82, 2.24) is 5.32 Å². The molecule has 3 N–H and O–H groups in total. The van der Waals surface area contributed by atoms with Crippen molar-refractivity contribution < 1.29 is 4.79 Å². The number of hydrogen-bond acceptors (Lipinski definition) is 2. The number of halogens is 2. The summed E-state index contributed by atoms with van der Waals surface area (Å²) in [6.07, 6.45) is 0.866. The Hall–Kier alpha value is -0.770. The van der Waals surface area contributed by atoms with E-state index in [4.69, 9.17) is 28.9 Å². The van der Waals surface area contributed by atoms with Gasteiger partial charge < -0.3 is 11.1 Å². The van der Waals surface area contributed by atoms with Crippen molar-refractivity contribution in [1.29, 1.82) is 0 Å². The first-order chi connectivity index (χ1) is 8.86. The molecule has 106 valence electrons. The van der Waals surface area contributed by atoms with Gasteiger partial charge in [-0.3, -0.25) is 4.79 Å². The normalized spacial score (nSPS) is 15.7. The van der Waals surface area contributed by atoms with Crippen LogP contribution in [0.25, 0.3) is 0 Å². The Morgan fingerprint density at radius 1 is 1.37 bits per heavy atom. The molecule has 1 aromatic carbocycles. The van der Waals surface area contributed by atoms with E-state index in [9.17, 15) is 4.79 Å². The van der Waals surface area contributed by atoms with Crippen LogP contribution in [0.4, 0.5) is 0 Å². The Morgan fingerprint density at radius 2 is 2.00 bits per heavy atom. The number of rotatable bonds is 5. The maximum atomic E-state index is 12.0. The molecule has 1 aromatic rings. The minimum Gasteiger partial charge on any atom is -0.348 e. The summed E-state index contributed by atoms with van der Waals surface area (Å²) in [4.78, 5) is 12.0. The molecule has 0 saturated heterocycles. The number of carbonyl (C=O) groups is 1. The summed E-state index contributed by atoms with van der Waals surface area (Å²) in [5.74, 6) is -0.0132. The SMILES string of the molecule is CCC(C)[C@H](N)C(=O)NC(C)c1ccc(Cl)cc1Cl. The van der Waals surface area contributed by atoms with Crippen LogP contribution in [0, 0.1) is 5.92 Å². The fraction of sp³-hybridized carbons (Fsp3) is 0.500. The highest BCUT2D eigenvalue weighted by molar-refractivity contribution is 6.35. The van der Waals surface area contributed by atoms with Crippen molar-refractivity contribution in [2.45, 2.75) is 39.3 Å². The standard InChI is InChI=1S/C14H20Cl2N2O/c1-4-8(2)13(17)14(19)18-9(3)11-6-5-10(15)7-12(11)16/h5-9,13H,4,17H2,1-3H3,(H,18,19)/t8?,9?,13-/m0/s1. The van der Waals surface area contributed by atoms with Gasteiger partial charge in [-0.25, -0.2) is 0 Å². The summed E-state index contributed by atoms with van der Waals surface area (Å²) in [6.45, 7) is 5.85. The molecule has 0 aliphatic carbocycles. The molecule has 3 nitrogen and oxygen atoms in total. The molecule has 1 rings (SSSR count). The van der Waals surface area contributed by atoms with Crippen LogP contribution in [0.2, 0.25) is 10.0 Å². The molecule has 0 radical (unpaired) electrons. The zero-order valence-electron chi connectivity index (χ0n) is 11.4. The Kier molecular flexibility index (Phi) is 6.11. The largest absolute Gasteiger partial charge is 0.348 e. The van der Waals surface area contributed by atoms with Gasteiger partial charge in [0.15, 0.2) is 0 Å². The van der Waals surface area contributed by atoms with Gasteiger partial charge in [-0.05, 0) is 30.5 Å². The zero-order valence-corrected chi connectivity index (χ0v) is 12.9. The minimum atomic E-state index is -0.501. The molecule has 0 aliphatic rings. The second-order valence-electron chi connectivity index (χ2n) is 4.81. The molecule has 5 heteroatoms. The predicted octanol–water partition coefficient (Wildman–Crippen LogP) is 3.54. The second kappa shape index (κ2) is 7.13. The lowest BCUT2D eigenvalue weighted by atomic mass is 9.98. The number of carbonyl (C=O) groups excluding carboxylic acids is 1. The highest BCUT2D eigenvalue weighted by Gasteiger charge is 2.21. The van der Waals surface area contributed by atoms with Crippen LogP contribution in [0.5, 0.6) is 0 Å². The fourth-order valence-electron chi connectivity index (χ4n) is 1.75. The first-order valence-corrected chi connectivity index (χ1v) is 7.13. The van der Waals surface area contributed by atoms with E-state index in [-0.39, 0.29) is 17.9 Å². The Balaban J connectivity index is 2.74. The molecule has 0 spiro atoms. The maximum absolute atomic E-state index is 12.0. The highest BCUT2D eigenvalue weighted by atomic mass is 35.5. The van der Waals surface area contributed by atoms with Gasteiger partial charge in [0, 0.05) is 10.0 Å². The van der Waals surface area contributed by atoms with Crippen molar-refractivity contribution >= 4 is 29.1 Å². The van der Waals surface area contributed by atoms with Crippen molar-refractivity contribution in [3.63, 3.8) is 0 Å². The number of nitrogens with one attached hydrogen (secondary N) is 1. The van der Waals surface area contributed by atoms with Crippen molar-refractivity contribution in [2.75, 3.05) is 0 Å². The summed E-state index contributed by atoms with van der Waals surface area (Å²) in [5, 5.41) is 3.99. The Labute approximate surface area is 124 Å². The van der Waals surface area contributed by atoms with Crippen molar-refractivity contribution in [3.8, 4) is 0 Å². The van der Waals surface area contributed by atoms with Crippen LogP contribution in [-0.4, -0.2) is 11.9 Å². The van der Waals surface area contributed by atoms with E-state index in [1.165, 1.54) is 0 Å². The summed E-state index contributed by atoms with van der Waals surface area (Å²) >= 11 is 12.0. The molecule has 0 aromatic heterocycles. The molecule has 2 unspecified atom stereocenters. The molecule has 19 heavy (non-hydrogen) atoms. The lowest BCUT2D eigenvalue weighted by Gasteiger charge is -2.22. The lowest BCUT2D eigenvalue weighted by Crippen LogP contribution is -2.45. The fourth-order valence-corrected chi connectivity index (χ4v) is 2.32. The number of benzene rings is 1. The third kappa shape index (κ3) is 4.37. The van der Waals surface area contributed by atoms with Crippen LogP contribution in [0.15, 0.2) is 18.2 Å². The lowest BCUT2D eigenvalue weighted by molar-refractivity contribution is -0.124. The van der Waals surface area contributed by atoms with Gasteiger partial charge in [-0.1, -0.05) is 49.5 Å². The smallest absolute Gasteiger partial charge is 0.237 e. The minimum absolute atomic E-state index is 0.146. The highest BCUT2D eigenvalue weighted by Crippen LogP contribution is 2.26. The summed E-state index contributed by atoms with van der Waals surface area (Å²) < 4.78 is 0. The van der Waals surface area contributed by atoms with Gasteiger partial charge in [0.05, 0.1) is 12.1 Å². The van der Waals surface area contributed by atoms with Crippen LogP contribution in [0.3, 0.4) is 0 Å². The molecule has 0 bridgehead atoms. The van der Waals surface area contributed by atoms with Crippen LogP contribution >= 0.6 is 23.2 Å². The van der Waals surface area contributed by atoms with Gasteiger partial charge in [0.25, 0.3) is 0 Å². The van der Waals surface area contributed by atoms with E-state index >= 15 is 0 Å². The molecule has 1 amide bonds. The quantitative estimate of drug-likeness (QED) is 0.874. The number of amides is 1. The van der Waals surface area contributed by atoms with Gasteiger partial charge in [-0.15, -0.1) is 0 Å². The molecule has 0 heterocycles. The van der Waals surface area contributed by atoms with E-state index in [1.807, 2.05) is 26.8 Å². The zero-order chi connectivity index (χ0) is 14.6. The molecule has 3 atom stereocenters. The van der Waals surface area contributed by atoms with E-state index in [1.54, 1.807) is 12.1 Å². The molecule has 0 saturated carbocycles. The summed E-state index contributed by atoms with van der Waals surface area (Å²) in [5.41, 5.74) is 6.72. The molecular formula is C14H20Cl2N2O. The van der Waals surface area contributed by atoms with Gasteiger partial charge >= 0.3 is 0 Å². The first kappa shape index (κ1) is 16.3. The Morgan fingerprint density at radius 3 is 2.53 bits per heavy atom. The molecule has 0 aliphatic heterocycles. The van der Waals surface area contributed by atoms with E-state index in [2.05, 4.69) is 5.32 Å². The maximum Gasteiger partial charge on any atom is 0.237 e. The van der Waals surface area contributed by atoms with Gasteiger partial charge in [0.1, 0.15) is 0 Å². The first-order valence-electron chi connectivity index (χ1n) is 6.37. The number of nitrogens with two attached hydrogens (primary N) is 1. The summed E-state index contributed by atoms with van der Waals surface area (Å²) in [6, 6.07) is 4.52.